The number of aromatic hydroxyl groups is 1. The SMILES string of the molecule is CCS(=O)(=O)CC1(c2cccc(O)c2)CCC1. The van der Waals surface area contributed by atoms with Gasteiger partial charge in [-0.25, -0.2) is 8.42 Å². The topological polar surface area (TPSA) is 54.4 Å². The quantitative estimate of drug-likeness (QED) is 0.896. The first-order valence-electron chi connectivity index (χ1n) is 5.97. The van der Waals surface area contributed by atoms with Crippen molar-refractivity contribution in [2.75, 3.05) is 11.5 Å². The summed E-state index contributed by atoms with van der Waals surface area (Å²) < 4.78 is 23.6. The van der Waals surface area contributed by atoms with Crippen LogP contribution in [0.5, 0.6) is 5.75 Å². The van der Waals surface area contributed by atoms with E-state index in [4.69, 9.17) is 0 Å². The molecule has 0 bridgehead atoms. The Morgan fingerprint density at radius 2 is 2.06 bits per heavy atom. The van der Waals surface area contributed by atoms with Gasteiger partial charge in [-0.2, -0.15) is 0 Å². The Morgan fingerprint density at radius 1 is 1.35 bits per heavy atom. The molecule has 0 atom stereocenters. The lowest BCUT2D eigenvalue weighted by Crippen LogP contribution is -2.41. The van der Waals surface area contributed by atoms with Gasteiger partial charge in [0, 0.05) is 11.2 Å². The minimum Gasteiger partial charge on any atom is -0.508 e. The number of phenolic OH excluding ortho intramolecular Hbond substituents is 1. The Morgan fingerprint density at radius 3 is 2.53 bits per heavy atom. The second-order valence-electron chi connectivity index (χ2n) is 4.86. The van der Waals surface area contributed by atoms with Crippen molar-refractivity contribution in [2.45, 2.75) is 31.6 Å². The van der Waals surface area contributed by atoms with Gasteiger partial charge in [0.15, 0.2) is 9.84 Å². The summed E-state index contributed by atoms with van der Waals surface area (Å²) >= 11 is 0. The number of phenols is 1. The van der Waals surface area contributed by atoms with Gasteiger partial charge in [-0.1, -0.05) is 25.5 Å². The van der Waals surface area contributed by atoms with E-state index < -0.39 is 9.84 Å². The van der Waals surface area contributed by atoms with Crippen LogP contribution in [-0.4, -0.2) is 25.0 Å². The number of benzene rings is 1. The van der Waals surface area contributed by atoms with E-state index in [9.17, 15) is 13.5 Å². The summed E-state index contributed by atoms with van der Waals surface area (Å²) in [7, 11) is -2.98. The van der Waals surface area contributed by atoms with Gasteiger partial charge >= 0.3 is 0 Å². The van der Waals surface area contributed by atoms with Crippen LogP contribution >= 0.6 is 0 Å². The van der Waals surface area contributed by atoms with Gasteiger partial charge in [0.2, 0.25) is 0 Å². The van der Waals surface area contributed by atoms with Gasteiger partial charge in [0.05, 0.1) is 5.75 Å². The van der Waals surface area contributed by atoms with Crippen LogP contribution in [0.1, 0.15) is 31.7 Å². The molecular formula is C13H18O3S. The molecule has 0 aromatic heterocycles. The van der Waals surface area contributed by atoms with E-state index in [1.165, 1.54) is 0 Å². The third-order valence-corrected chi connectivity index (χ3v) is 5.58. The molecule has 1 aliphatic carbocycles. The zero-order chi connectivity index (χ0) is 12.5. The van der Waals surface area contributed by atoms with E-state index in [0.29, 0.717) is 0 Å². The minimum absolute atomic E-state index is 0.188. The predicted molar refractivity (Wildman–Crippen MR) is 68.0 cm³/mol. The smallest absolute Gasteiger partial charge is 0.150 e. The molecule has 1 saturated carbocycles. The van der Waals surface area contributed by atoms with Crippen molar-refractivity contribution >= 4 is 9.84 Å². The molecule has 2 rings (SSSR count). The first kappa shape index (κ1) is 12.4. The molecular weight excluding hydrogens is 236 g/mol. The predicted octanol–water partition coefficient (Wildman–Crippen LogP) is 2.25. The summed E-state index contributed by atoms with van der Waals surface area (Å²) in [6.07, 6.45) is 2.86. The first-order valence-corrected chi connectivity index (χ1v) is 7.79. The lowest BCUT2D eigenvalue weighted by Gasteiger charge is -2.42. The highest BCUT2D eigenvalue weighted by atomic mass is 32.2. The van der Waals surface area contributed by atoms with E-state index in [-0.39, 0.29) is 22.7 Å². The number of rotatable bonds is 4. The van der Waals surface area contributed by atoms with Crippen molar-refractivity contribution in [2.24, 2.45) is 0 Å². The number of hydrogen-bond donors (Lipinski definition) is 1. The third-order valence-electron chi connectivity index (χ3n) is 3.71. The van der Waals surface area contributed by atoms with Crippen LogP contribution in [0.4, 0.5) is 0 Å². The fraction of sp³-hybridized carbons (Fsp3) is 0.538. The number of sulfone groups is 1. The molecule has 0 aliphatic heterocycles. The van der Waals surface area contributed by atoms with Crippen LogP contribution in [0.25, 0.3) is 0 Å². The van der Waals surface area contributed by atoms with E-state index in [2.05, 4.69) is 0 Å². The lowest BCUT2D eigenvalue weighted by atomic mass is 9.66. The molecule has 0 radical (unpaired) electrons. The van der Waals surface area contributed by atoms with Crippen LogP contribution in [0, 0.1) is 0 Å². The Kier molecular flexibility index (Phi) is 3.17. The highest BCUT2D eigenvalue weighted by Crippen LogP contribution is 2.45. The van der Waals surface area contributed by atoms with E-state index in [0.717, 1.165) is 24.8 Å². The van der Waals surface area contributed by atoms with Crippen LogP contribution in [0.2, 0.25) is 0 Å². The van der Waals surface area contributed by atoms with E-state index in [1.807, 2.05) is 6.07 Å². The first-order chi connectivity index (χ1) is 7.97. The largest absolute Gasteiger partial charge is 0.508 e. The third kappa shape index (κ3) is 2.46. The second-order valence-corrected chi connectivity index (χ2v) is 7.21. The molecule has 1 aromatic carbocycles. The van der Waals surface area contributed by atoms with Crippen LogP contribution in [0.15, 0.2) is 24.3 Å². The molecule has 4 heteroatoms. The molecule has 0 spiro atoms. The lowest BCUT2D eigenvalue weighted by molar-refractivity contribution is 0.273. The van der Waals surface area contributed by atoms with Crippen molar-refractivity contribution in [1.82, 2.24) is 0 Å². The average molecular weight is 254 g/mol. The van der Waals surface area contributed by atoms with Gasteiger partial charge in [0.1, 0.15) is 5.75 Å². The summed E-state index contributed by atoms with van der Waals surface area (Å²) in [5, 5.41) is 9.50. The van der Waals surface area contributed by atoms with E-state index >= 15 is 0 Å². The maximum absolute atomic E-state index is 11.8. The Labute approximate surface area is 102 Å². The zero-order valence-corrected chi connectivity index (χ0v) is 10.8. The Balaban J connectivity index is 2.32. The van der Waals surface area contributed by atoms with Gasteiger partial charge < -0.3 is 5.11 Å². The monoisotopic (exact) mass is 254 g/mol. The molecule has 0 amide bonds. The van der Waals surface area contributed by atoms with Gasteiger partial charge in [-0.3, -0.25) is 0 Å². The molecule has 1 aromatic rings. The van der Waals surface area contributed by atoms with Crippen LogP contribution in [-0.2, 0) is 15.3 Å². The molecule has 0 heterocycles. The van der Waals surface area contributed by atoms with Crippen molar-refractivity contribution in [3.8, 4) is 5.75 Å². The molecule has 94 valence electrons. The number of hydrogen-bond acceptors (Lipinski definition) is 3. The van der Waals surface area contributed by atoms with Gasteiger partial charge in [-0.15, -0.1) is 0 Å². The van der Waals surface area contributed by atoms with E-state index in [1.54, 1.807) is 25.1 Å². The fourth-order valence-electron chi connectivity index (χ4n) is 2.48. The second kappa shape index (κ2) is 4.33. The molecule has 1 aliphatic rings. The summed E-state index contributed by atoms with van der Waals surface area (Å²) in [6, 6.07) is 7.02. The van der Waals surface area contributed by atoms with Gasteiger partial charge in [-0.05, 0) is 30.5 Å². The highest BCUT2D eigenvalue weighted by Gasteiger charge is 2.42. The molecule has 3 nitrogen and oxygen atoms in total. The van der Waals surface area contributed by atoms with Crippen LogP contribution < -0.4 is 0 Å². The van der Waals surface area contributed by atoms with Crippen molar-refractivity contribution in [1.29, 1.82) is 0 Å². The van der Waals surface area contributed by atoms with Gasteiger partial charge in [0.25, 0.3) is 0 Å². The molecule has 1 N–H and O–H groups in total. The summed E-state index contributed by atoms with van der Waals surface area (Å²) in [6.45, 7) is 1.68. The summed E-state index contributed by atoms with van der Waals surface area (Å²) in [5.41, 5.74) is 0.703. The average Bonchev–Trinajstić information content (AvgIpc) is 2.24. The maximum atomic E-state index is 11.8. The Hall–Kier alpha value is -1.03. The molecule has 0 saturated heterocycles. The minimum atomic E-state index is -2.98. The zero-order valence-electron chi connectivity index (χ0n) is 10.0. The molecule has 0 unspecified atom stereocenters. The highest BCUT2D eigenvalue weighted by molar-refractivity contribution is 7.91. The normalized spacial score (nSPS) is 18.6. The summed E-state index contributed by atoms with van der Waals surface area (Å²) in [5.74, 6) is 0.607. The standard InChI is InChI=1S/C13H18O3S/c1-2-17(15,16)10-13(7-4-8-13)11-5-3-6-12(14)9-11/h3,5-6,9,14H,2,4,7-8,10H2,1H3. The van der Waals surface area contributed by atoms with Crippen molar-refractivity contribution < 1.29 is 13.5 Å². The van der Waals surface area contributed by atoms with Crippen molar-refractivity contribution in [3.05, 3.63) is 29.8 Å². The maximum Gasteiger partial charge on any atom is 0.150 e. The molecule has 17 heavy (non-hydrogen) atoms. The van der Waals surface area contributed by atoms with Crippen molar-refractivity contribution in [3.63, 3.8) is 0 Å². The molecule has 1 fully saturated rings. The fourth-order valence-corrected chi connectivity index (χ4v) is 3.98. The van der Waals surface area contributed by atoms with Crippen LogP contribution in [0.3, 0.4) is 0 Å². The summed E-state index contributed by atoms with van der Waals surface area (Å²) in [4.78, 5) is 0. The Bertz CT molecular complexity index is 501.